The SMILES string of the molecule is CC.CC(C)(C)OC(=O)N1CC=[C]([Sn]([CH3])([CH3])[CH3])CC1.CC(C)(C)OC(=O)N1CCC(=O)CC1. The van der Waals surface area contributed by atoms with Crippen molar-refractivity contribution >= 4 is 36.3 Å². The minimum Gasteiger partial charge on any atom is -0.444 e. The second-order valence-corrected chi connectivity index (χ2v) is 25.8. The van der Waals surface area contributed by atoms with E-state index >= 15 is 0 Å². The summed E-state index contributed by atoms with van der Waals surface area (Å²) in [6.45, 7) is 17.7. The van der Waals surface area contributed by atoms with Crippen molar-refractivity contribution in [2.75, 3.05) is 26.2 Å². The van der Waals surface area contributed by atoms with Gasteiger partial charge in [-0.2, -0.15) is 0 Å². The Bertz CT molecular complexity index is 674. The number of nitrogens with zero attached hydrogens (tertiary/aromatic N) is 2. The first kappa shape index (κ1) is 31.7. The molecule has 1 saturated heterocycles. The summed E-state index contributed by atoms with van der Waals surface area (Å²) in [5.74, 6) is 0.227. The van der Waals surface area contributed by atoms with Gasteiger partial charge in [0.2, 0.25) is 0 Å². The number of amides is 2. The quantitative estimate of drug-likeness (QED) is 0.357. The molecule has 2 rings (SSSR count). The Morgan fingerprint density at radius 3 is 1.52 bits per heavy atom. The summed E-state index contributed by atoms with van der Waals surface area (Å²) in [6, 6.07) is 0. The van der Waals surface area contributed by atoms with Gasteiger partial charge < -0.3 is 9.64 Å². The van der Waals surface area contributed by atoms with Crippen LogP contribution in [0.3, 0.4) is 0 Å². The summed E-state index contributed by atoms with van der Waals surface area (Å²) in [5, 5.41) is 0. The van der Waals surface area contributed by atoms with Crippen LogP contribution >= 0.6 is 0 Å². The van der Waals surface area contributed by atoms with E-state index in [1.165, 1.54) is 0 Å². The number of ketones is 1. The van der Waals surface area contributed by atoms with Gasteiger partial charge in [0.05, 0.1) is 0 Å². The molecular formula is C25H48N2O5Sn. The first-order valence-corrected chi connectivity index (χ1v) is 22.1. The maximum atomic E-state index is 11.9. The molecule has 0 atom stereocenters. The van der Waals surface area contributed by atoms with Gasteiger partial charge in [0.15, 0.2) is 0 Å². The van der Waals surface area contributed by atoms with Crippen molar-refractivity contribution in [1.82, 2.24) is 9.80 Å². The summed E-state index contributed by atoms with van der Waals surface area (Å²) < 4.78 is 12.2. The Balaban J connectivity index is 0.000000586. The van der Waals surface area contributed by atoms with E-state index in [0.29, 0.717) is 25.9 Å². The van der Waals surface area contributed by atoms with Crippen molar-refractivity contribution in [3.63, 3.8) is 0 Å². The number of hydrogen-bond donors (Lipinski definition) is 0. The molecule has 0 aliphatic carbocycles. The van der Waals surface area contributed by atoms with Crippen molar-refractivity contribution in [3.8, 4) is 0 Å². The molecule has 0 bridgehead atoms. The molecule has 7 nitrogen and oxygen atoms in total. The molecule has 0 aromatic carbocycles. The average Bonchev–Trinajstić information content (AvgIpc) is 2.67. The van der Waals surface area contributed by atoms with E-state index in [9.17, 15) is 14.4 Å². The average molecular weight is 575 g/mol. The normalized spacial score (nSPS) is 17.1. The maximum absolute atomic E-state index is 11.9. The third kappa shape index (κ3) is 13.9. The van der Waals surface area contributed by atoms with E-state index < -0.39 is 29.6 Å². The van der Waals surface area contributed by atoms with Crippen molar-refractivity contribution in [2.24, 2.45) is 0 Å². The van der Waals surface area contributed by atoms with Crippen LogP contribution in [0.25, 0.3) is 0 Å². The Labute approximate surface area is 206 Å². The fourth-order valence-electron chi connectivity index (χ4n) is 3.11. The number of hydrogen-bond acceptors (Lipinski definition) is 5. The van der Waals surface area contributed by atoms with Gasteiger partial charge in [-0.25, -0.2) is 4.79 Å². The topological polar surface area (TPSA) is 76.2 Å². The molecule has 2 amide bonds. The molecule has 2 aliphatic rings. The van der Waals surface area contributed by atoms with E-state index in [1.54, 1.807) is 13.4 Å². The summed E-state index contributed by atoms with van der Waals surface area (Å²) in [6.07, 6.45) is 3.71. The fourth-order valence-corrected chi connectivity index (χ4v) is 7.58. The second-order valence-electron chi connectivity index (χ2n) is 11.2. The van der Waals surface area contributed by atoms with E-state index in [4.69, 9.17) is 9.47 Å². The van der Waals surface area contributed by atoms with Crippen LogP contribution in [-0.4, -0.2) is 83.5 Å². The Kier molecular flexibility index (Phi) is 13.1. The third-order valence-electron chi connectivity index (χ3n) is 4.80. The van der Waals surface area contributed by atoms with Gasteiger partial charge in [-0.3, -0.25) is 4.79 Å². The van der Waals surface area contributed by atoms with Crippen molar-refractivity contribution in [1.29, 1.82) is 0 Å². The molecule has 8 heteroatoms. The Hall–Kier alpha value is -1.25. The van der Waals surface area contributed by atoms with Crippen LogP contribution in [0.2, 0.25) is 14.8 Å². The fraction of sp³-hybridized carbons (Fsp3) is 0.800. The summed E-state index contributed by atoms with van der Waals surface area (Å²) in [4.78, 5) is 45.0. The van der Waals surface area contributed by atoms with Gasteiger partial charge in [0.1, 0.15) is 11.4 Å². The first-order valence-electron chi connectivity index (χ1n) is 12.1. The van der Waals surface area contributed by atoms with Crippen molar-refractivity contribution < 1.29 is 23.9 Å². The largest absolute Gasteiger partial charge is 0.444 e. The van der Waals surface area contributed by atoms with Gasteiger partial charge in [-0.1, -0.05) is 13.8 Å². The van der Waals surface area contributed by atoms with Crippen LogP contribution in [0.1, 0.15) is 74.7 Å². The summed E-state index contributed by atoms with van der Waals surface area (Å²) in [5.41, 5.74) is -0.858. The molecule has 2 heterocycles. The zero-order valence-corrected chi connectivity index (χ0v) is 25.8. The molecule has 1 fully saturated rings. The van der Waals surface area contributed by atoms with E-state index in [-0.39, 0.29) is 18.0 Å². The molecule has 2 aliphatic heterocycles. The number of rotatable bonds is 1. The van der Waals surface area contributed by atoms with Gasteiger partial charge >= 0.3 is 115 Å². The van der Waals surface area contributed by atoms with Crippen LogP contribution in [0, 0.1) is 0 Å². The summed E-state index contributed by atoms with van der Waals surface area (Å²) in [7, 11) is 0. The predicted octanol–water partition coefficient (Wildman–Crippen LogP) is 6.04. The monoisotopic (exact) mass is 576 g/mol. The van der Waals surface area contributed by atoms with E-state index in [1.807, 2.05) is 55.4 Å². The van der Waals surface area contributed by atoms with Gasteiger partial charge in [-0.05, 0) is 20.8 Å². The molecular weight excluding hydrogens is 527 g/mol. The predicted molar refractivity (Wildman–Crippen MR) is 137 cm³/mol. The standard InChI is InChI=1S/C10H17NO3.C10H16NO2.C2H6.3CH3.Sn/c1-10(2,3)14-9(13)11-6-4-8(12)5-7-11;1-10(2,3)13-9(12)11-7-5-4-6-8-11;1-2;;;;/h4-7H2,1-3H3;5H,6-8H2,1-3H3;1-2H3;3*1H3;. The van der Waals surface area contributed by atoms with E-state index in [2.05, 4.69) is 20.9 Å². The van der Waals surface area contributed by atoms with Crippen LogP contribution in [0.4, 0.5) is 9.59 Å². The van der Waals surface area contributed by atoms with E-state index in [0.717, 1.165) is 19.5 Å². The maximum Gasteiger partial charge on any atom is 0.410 e. The molecule has 0 N–H and O–H groups in total. The minimum atomic E-state index is -1.90. The van der Waals surface area contributed by atoms with Crippen molar-refractivity contribution in [3.05, 3.63) is 9.67 Å². The van der Waals surface area contributed by atoms with Gasteiger partial charge in [0, 0.05) is 25.9 Å². The molecule has 0 unspecified atom stereocenters. The van der Waals surface area contributed by atoms with Gasteiger partial charge in [-0.15, -0.1) is 0 Å². The number of Topliss-reactive ketones (excluding diaryl/α,β-unsaturated/α-hetero) is 1. The Morgan fingerprint density at radius 1 is 0.788 bits per heavy atom. The number of carbonyl (C=O) groups excluding carboxylic acids is 3. The van der Waals surface area contributed by atoms with Crippen LogP contribution in [0.15, 0.2) is 9.67 Å². The van der Waals surface area contributed by atoms with Crippen LogP contribution < -0.4 is 0 Å². The molecule has 0 aromatic heterocycles. The van der Waals surface area contributed by atoms with Crippen LogP contribution in [-0.2, 0) is 14.3 Å². The molecule has 0 saturated carbocycles. The first-order chi connectivity index (χ1) is 15.0. The zero-order chi connectivity index (χ0) is 26.0. The molecule has 192 valence electrons. The third-order valence-corrected chi connectivity index (χ3v) is 11.6. The smallest absolute Gasteiger partial charge is 0.410 e. The van der Waals surface area contributed by atoms with Gasteiger partial charge in [0.25, 0.3) is 0 Å². The molecule has 0 spiro atoms. The minimum absolute atomic E-state index is 0.183. The number of ether oxygens (including phenoxy) is 2. The van der Waals surface area contributed by atoms with Crippen molar-refractivity contribution in [2.45, 2.75) is 101 Å². The number of carbonyl (C=O) groups is 3. The molecule has 0 radical (unpaired) electrons. The number of piperidine rings is 1. The Morgan fingerprint density at radius 2 is 1.18 bits per heavy atom. The molecule has 33 heavy (non-hydrogen) atoms. The van der Waals surface area contributed by atoms with Crippen LogP contribution in [0.5, 0.6) is 0 Å². The number of likely N-dealkylation sites (tertiary alicyclic amines) is 1. The second kappa shape index (κ2) is 13.6. The zero-order valence-electron chi connectivity index (χ0n) is 23.0. The molecule has 0 aromatic rings. The summed E-state index contributed by atoms with van der Waals surface area (Å²) >= 11 is -1.90.